The van der Waals surface area contributed by atoms with Crippen LogP contribution in [-0.4, -0.2) is 22.1 Å². The maximum absolute atomic E-state index is 11.7. The number of hydrogen-bond acceptors (Lipinski definition) is 4. The molecule has 0 aromatic carbocycles. The molecule has 1 heterocycles. The van der Waals surface area contributed by atoms with Gasteiger partial charge in [-0.15, -0.1) is 10.2 Å². The molecule has 0 aliphatic heterocycles. The number of nitrogens with zero attached hydrogens (tertiary/aromatic N) is 3. The van der Waals surface area contributed by atoms with E-state index in [2.05, 4.69) is 15.5 Å². The molecule has 0 radical (unpaired) electrons. The van der Waals surface area contributed by atoms with Crippen LogP contribution in [0.2, 0.25) is 10.3 Å². The van der Waals surface area contributed by atoms with Crippen molar-refractivity contribution in [2.45, 2.75) is 19.4 Å². The number of carbonyl (C=O) groups excluding carboxylic acids is 1. The highest BCUT2D eigenvalue weighted by Crippen LogP contribution is 2.15. The Morgan fingerprint density at radius 1 is 1.62 bits per heavy atom. The summed E-state index contributed by atoms with van der Waals surface area (Å²) < 4.78 is 0. The topological polar surface area (TPSA) is 78.7 Å². The SMILES string of the molecule is CCC(C#N)NC(=O)c1cc(Cl)nnc1Cl. The van der Waals surface area contributed by atoms with Gasteiger partial charge in [-0.25, -0.2) is 0 Å². The molecular formula is C9H8Cl2N4O. The molecule has 7 heteroatoms. The fraction of sp³-hybridized carbons (Fsp3) is 0.333. The zero-order chi connectivity index (χ0) is 12.1. The fourth-order valence-corrected chi connectivity index (χ4v) is 1.30. The maximum atomic E-state index is 11.7. The number of carbonyl (C=O) groups is 1. The fourth-order valence-electron chi connectivity index (χ4n) is 0.974. The lowest BCUT2D eigenvalue weighted by atomic mass is 10.2. The number of nitrogens with one attached hydrogen (secondary N) is 1. The maximum Gasteiger partial charge on any atom is 0.255 e. The van der Waals surface area contributed by atoms with Crippen LogP contribution in [0, 0.1) is 11.3 Å². The van der Waals surface area contributed by atoms with E-state index in [1.165, 1.54) is 6.07 Å². The monoisotopic (exact) mass is 258 g/mol. The molecule has 0 saturated heterocycles. The highest BCUT2D eigenvalue weighted by atomic mass is 35.5. The lowest BCUT2D eigenvalue weighted by Crippen LogP contribution is -2.33. The third kappa shape index (κ3) is 3.05. The van der Waals surface area contributed by atoms with Crippen molar-refractivity contribution in [1.29, 1.82) is 5.26 Å². The summed E-state index contributed by atoms with van der Waals surface area (Å²) in [5, 5.41) is 18.2. The van der Waals surface area contributed by atoms with Gasteiger partial charge in [-0.05, 0) is 12.5 Å². The predicted octanol–water partition coefficient (Wildman–Crippen LogP) is 1.82. The van der Waals surface area contributed by atoms with Crippen molar-refractivity contribution >= 4 is 29.1 Å². The molecule has 1 N–H and O–H groups in total. The lowest BCUT2D eigenvalue weighted by molar-refractivity contribution is 0.0944. The zero-order valence-electron chi connectivity index (χ0n) is 8.37. The molecule has 0 saturated carbocycles. The first kappa shape index (κ1) is 12.7. The molecule has 1 aromatic rings. The van der Waals surface area contributed by atoms with Crippen molar-refractivity contribution in [3.8, 4) is 6.07 Å². The van der Waals surface area contributed by atoms with Gasteiger partial charge in [-0.3, -0.25) is 4.79 Å². The highest BCUT2D eigenvalue weighted by Gasteiger charge is 2.16. The highest BCUT2D eigenvalue weighted by molar-refractivity contribution is 6.34. The molecular weight excluding hydrogens is 251 g/mol. The summed E-state index contributed by atoms with van der Waals surface area (Å²) in [4.78, 5) is 11.7. The molecule has 1 aromatic heterocycles. The van der Waals surface area contributed by atoms with Crippen LogP contribution in [0.5, 0.6) is 0 Å². The van der Waals surface area contributed by atoms with Gasteiger partial charge in [0.2, 0.25) is 0 Å². The third-order valence-electron chi connectivity index (χ3n) is 1.83. The molecule has 0 spiro atoms. The number of aromatic nitrogens is 2. The van der Waals surface area contributed by atoms with Crippen molar-refractivity contribution in [3.05, 3.63) is 21.9 Å². The summed E-state index contributed by atoms with van der Waals surface area (Å²) >= 11 is 11.3. The van der Waals surface area contributed by atoms with E-state index in [-0.39, 0.29) is 15.9 Å². The van der Waals surface area contributed by atoms with Crippen LogP contribution in [0.1, 0.15) is 23.7 Å². The van der Waals surface area contributed by atoms with E-state index >= 15 is 0 Å². The van der Waals surface area contributed by atoms with Crippen LogP contribution in [0.4, 0.5) is 0 Å². The van der Waals surface area contributed by atoms with Crippen LogP contribution in [0.15, 0.2) is 6.07 Å². The summed E-state index contributed by atoms with van der Waals surface area (Å²) in [6.07, 6.45) is 0.506. The predicted molar refractivity (Wildman–Crippen MR) is 59.2 cm³/mol. The molecule has 1 atom stereocenters. The Hall–Kier alpha value is -1.38. The van der Waals surface area contributed by atoms with Gasteiger partial charge >= 0.3 is 0 Å². The average Bonchev–Trinajstić information content (AvgIpc) is 2.28. The Morgan fingerprint density at radius 3 is 2.88 bits per heavy atom. The van der Waals surface area contributed by atoms with Crippen LogP contribution >= 0.6 is 23.2 Å². The first-order chi connectivity index (χ1) is 7.58. The number of hydrogen-bond donors (Lipinski definition) is 1. The molecule has 0 bridgehead atoms. The smallest absolute Gasteiger partial charge is 0.255 e. The van der Waals surface area contributed by atoms with Gasteiger partial charge in [-0.1, -0.05) is 30.1 Å². The largest absolute Gasteiger partial charge is 0.336 e. The second-order valence-electron chi connectivity index (χ2n) is 2.93. The third-order valence-corrected chi connectivity index (χ3v) is 2.30. The van der Waals surface area contributed by atoms with Gasteiger partial charge < -0.3 is 5.32 Å². The molecule has 0 aliphatic rings. The Bertz CT molecular complexity index is 444. The minimum absolute atomic E-state index is 0.0466. The Kier molecular flexibility index (Phi) is 4.47. The van der Waals surface area contributed by atoms with Gasteiger partial charge in [0.05, 0.1) is 11.6 Å². The summed E-state index contributed by atoms with van der Waals surface area (Å²) in [6, 6.07) is 2.68. The van der Waals surface area contributed by atoms with Crippen LogP contribution in [0.3, 0.4) is 0 Å². The van der Waals surface area contributed by atoms with Crippen LogP contribution < -0.4 is 5.32 Å². The van der Waals surface area contributed by atoms with Gasteiger partial charge in [0.1, 0.15) is 6.04 Å². The molecule has 0 fully saturated rings. The number of halogens is 2. The standard InChI is InChI=1S/C9H8Cl2N4O/c1-2-5(4-12)13-9(16)6-3-7(10)14-15-8(6)11/h3,5H,2H2,1H3,(H,13,16). The van der Waals surface area contributed by atoms with Crippen LogP contribution in [-0.2, 0) is 0 Å². The van der Waals surface area contributed by atoms with E-state index in [0.29, 0.717) is 6.42 Å². The van der Waals surface area contributed by atoms with Crippen LogP contribution in [0.25, 0.3) is 0 Å². The van der Waals surface area contributed by atoms with Crippen molar-refractivity contribution in [2.75, 3.05) is 0 Å². The van der Waals surface area contributed by atoms with E-state index in [9.17, 15) is 4.79 Å². The van der Waals surface area contributed by atoms with Gasteiger partial charge in [0.25, 0.3) is 5.91 Å². The van der Waals surface area contributed by atoms with Crippen molar-refractivity contribution in [3.63, 3.8) is 0 Å². The molecule has 84 valence electrons. The summed E-state index contributed by atoms with van der Waals surface area (Å²) in [7, 11) is 0. The summed E-state index contributed by atoms with van der Waals surface area (Å²) in [6.45, 7) is 1.79. The lowest BCUT2D eigenvalue weighted by Gasteiger charge is -2.09. The van der Waals surface area contributed by atoms with Gasteiger partial charge in [0, 0.05) is 0 Å². The average molecular weight is 259 g/mol. The van der Waals surface area contributed by atoms with E-state index in [4.69, 9.17) is 28.5 Å². The molecule has 5 nitrogen and oxygen atoms in total. The van der Waals surface area contributed by atoms with Gasteiger partial charge in [0.15, 0.2) is 10.3 Å². The van der Waals surface area contributed by atoms with Gasteiger partial charge in [-0.2, -0.15) is 5.26 Å². The minimum Gasteiger partial charge on any atom is -0.336 e. The Balaban J connectivity index is 2.89. The Labute approximate surface area is 102 Å². The summed E-state index contributed by atoms with van der Waals surface area (Å²) in [5.41, 5.74) is 0.107. The van der Waals surface area contributed by atoms with E-state index in [0.717, 1.165) is 0 Å². The van der Waals surface area contributed by atoms with Crippen molar-refractivity contribution < 1.29 is 4.79 Å². The molecule has 1 amide bonds. The number of rotatable bonds is 3. The number of nitriles is 1. The molecule has 0 aliphatic carbocycles. The van der Waals surface area contributed by atoms with Crippen molar-refractivity contribution in [2.24, 2.45) is 0 Å². The summed E-state index contributed by atoms with van der Waals surface area (Å²) in [5.74, 6) is -0.491. The minimum atomic E-state index is -0.560. The zero-order valence-corrected chi connectivity index (χ0v) is 9.88. The first-order valence-electron chi connectivity index (χ1n) is 4.47. The second-order valence-corrected chi connectivity index (χ2v) is 3.68. The second kappa shape index (κ2) is 5.64. The molecule has 1 rings (SSSR count). The van der Waals surface area contributed by atoms with E-state index in [1.807, 2.05) is 6.07 Å². The quantitative estimate of drug-likeness (QED) is 0.897. The van der Waals surface area contributed by atoms with E-state index < -0.39 is 11.9 Å². The van der Waals surface area contributed by atoms with Crippen molar-refractivity contribution in [1.82, 2.24) is 15.5 Å². The first-order valence-corrected chi connectivity index (χ1v) is 5.23. The normalized spacial score (nSPS) is 11.6. The Morgan fingerprint density at radius 2 is 2.31 bits per heavy atom. The van der Waals surface area contributed by atoms with E-state index in [1.54, 1.807) is 6.92 Å². The number of amides is 1. The molecule has 1 unspecified atom stereocenters. The molecule has 16 heavy (non-hydrogen) atoms.